The van der Waals surface area contributed by atoms with E-state index < -0.39 is 36.0 Å². The zero-order chi connectivity index (χ0) is 26.0. The van der Waals surface area contributed by atoms with Crippen LogP contribution in [0.15, 0.2) is 91.0 Å². The summed E-state index contributed by atoms with van der Waals surface area (Å²) in [6.45, 7) is -0.0600. The number of ketones is 1. The number of carbonyl (C=O) groups is 3. The number of ether oxygens (including phenoxy) is 1. The highest BCUT2D eigenvalue weighted by atomic mass is 19.4. The molecule has 2 amide bonds. The van der Waals surface area contributed by atoms with Gasteiger partial charge in [0.2, 0.25) is 5.91 Å². The minimum atomic E-state index is -5.15. The molecule has 2 atom stereocenters. The minimum Gasteiger partial charge on any atom is -0.445 e. The Kier molecular flexibility index (Phi) is 9.21. The lowest BCUT2D eigenvalue weighted by Crippen LogP contribution is -2.55. The first-order valence-corrected chi connectivity index (χ1v) is 11.2. The van der Waals surface area contributed by atoms with Gasteiger partial charge in [-0.25, -0.2) is 4.79 Å². The van der Waals surface area contributed by atoms with E-state index in [4.69, 9.17) is 4.74 Å². The minimum absolute atomic E-state index is 0.0224. The lowest BCUT2D eigenvalue weighted by molar-refractivity contribution is -0.173. The normalized spacial score (nSPS) is 12.8. The van der Waals surface area contributed by atoms with Gasteiger partial charge in [-0.05, 0) is 16.7 Å². The molecule has 0 aliphatic heterocycles. The first-order chi connectivity index (χ1) is 17.2. The van der Waals surface area contributed by atoms with Gasteiger partial charge in [-0.2, -0.15) is 13.2 Å². The largest absolute Gasteiger partial charge is 0.452 e. The summed E-state index contributed by atoms with van der Waals surface area (Å²) in [6.07, 6.45) is -6.45. The van der Waals surface area contributed by atoms with Crippen LogP contribution >= 0.6 is 0 Å². The molecule has 2 N–H and O–H groups in total. The zero-order valence-electron chi connectivity index (χ0n) is 19.2. The van der Waals surface area contributed by atoms with Crippen LogP contribution in [0, 0.1) is 0 Å². The Morgan fingerprint density at radius 3 is 1.58 bits per heavy atom. The first kappa shape index (κ1) is 26.5. The monoisotopic (exact) mass is 498 g/mol. The molecule has 0 aliphatic carbocycles. The van der Waals surface area contributed by atoms with E-state index in [-0.39, 0.29) is 19.4 Å². The van der Waals surface area contributed by atoms with Crippen LogP contribution in [0.1, 0.15) is 16.7 Å². The number of carbonyl (C=O) groups excluding carboxylic acids is 3. The van der Waals surface area contributed by atoms with Crippen molar-refractivity contribution in [3.8, 4) is 0 Å². The van der Waals surface area contributed by atoms with Crippen LogP contribution in [-0.2, 0) is 33.8 Å². The fourth-order valence-corrected chi connectivity index (χ4v) is 3.50. The van der Waals surface area contributed by atoms with Crippen LogP contribution in [0.5, 0.6) is 0 Å². The van der Waals surface area contributed by atoms with E-state index in [1.54, 1.807) is 91.0 Å². The molecule has 0 unspecified atom stereocenters. The lowest BCUT2D eigenvalue weighted by atomic mass is 10.00. The van der Waals surface area contributed by atoms with Crippen molar-refractivity contribution in [2.75, 3.05) is 0 Å². The Balaban J connectivity index is 1.75. The number of hydrogen-bond acceptors (Lipinski definition) is 4. The second-order valence-electron chi connectivity index (χ2n) is 8.06. The van der Waals surface area contributed by atoms with Gasteiger partial charge < -0.3 is 15.4 Å². The van der Waals surface area contributed by atoms with Gasteiger partial charge in [0, 0.05) is 12.8 Å². The Hall–Kier alpha value is -4.14. The second-order valence-corrected chi connectivity index (χ2v) is 8.06. The lowest BCUT2D eigenvalue weighted by Gasteiger charge is -2.23. The highest BCUT2D eigenvalue weighted by Crippen LogP contribution is 2.20. The summed E-state index contributed by atoms with van der Waals surface area (Å²) < 4.78 is 45.0. The molecule has 0 spiro atoms. The molecule has 3 aromatic carbocycles. The third-order valence-corrected chi connectivity index (χ3v) is 5.30. The van der Waals surface area contributed by atoms with Gasteiger partial charge in [0.25, 0.3) is 5.78 Å². The van der Waals surface area contributed by atoms with E-state index in [9.17, 15) is 27.6 Å². The molecule has 9 heteroatoms. The van der Waals surface area contributed by atoms with Crippen molar-refractivity contribution in [2.45, 2.75) is 37.7 Å². The number of alkyl carbamates (subject to hydrolysis) is 1. The highest BCUT2D eigenvalue weighted by Gasteiger charge is 2.44. The molecule has 3 rings (SSSR count). The summed E-state index contributed by atoms with van der Waals surface area (Å²) in [4.78, 5) is 37.6. The summed E-state index contributed by atoms with van der Waals surface area (Å²) in [5.74, 6) is -3.01. The Bertz CT molecular complexity index is 1140. The topological polar surface area (TPSA) is 84.5 Å². The van der Waals surface area contributed by atoms with Crippen molar-refractivity contribution in [3.63, 3.8) is 0 Å². The molecule has 0 saturated carbocycles. The van der Waals surface area contributed by atoms with Gasteiger partial charge in [0.05, 0.1) is 0 Å². The zero-order valence-corrected chi connectivity index (χ0v) is 19.2. The Labute approximate surface area is 206 Å². The van der Waals surface area contributed by atoms with E-state index in [1.165, 1.54) is 0 Å². The van der Waals surface area contributed by atoms with E-state index in [0.29, 0.717) is 11.1 Å². The number of amides is 2. The van der Waals surface area contributed by atoms with Gasteiger partial charge in [0.15, 0.2) is 0 Å². The molecule has 188 valence electrons. The van der Waals surface area contributed by atoms with Crippen molar-refractivity contribution >= 4 is 17.8 Å². The number of rotatable bonds is 10. The van der Waals surface area contributed by atoms with Crippen molar-refractivity contribution in [2.24, 2.45) is 0 Å². The van der Waals surface area contributed by atoms with E-state index in [2.05, 4.69) is 10.6 Å². The molecule has 0 fully saturated rings. The molecule has 0 heterocycles. The molecule has 0 aromatic heterocycles. The summed E-state index contributed by atoms with van der Waals surface area (Å²) >= 11 is 0. The number of nitrogens with one attached hydrogen (secondary N) is 2. The SMILES string of the molecule is O=C(N[C@@H](Cc1ccccc1)C(=O)N[C@@H](Cc1ccccc1)C(=O)C(F)(F)F)OCc1ccccc1. The van der Waals surface area contributed by atoms with Crippen LogP contribution in [0.3, 0.4) is 0 Å². The van der Waals surface area contributed by atoms with Gasteiger partial charge in [-0.1, -0.05) is 91.0 Å². The van der Waals surface area contributed by atoms with Crippen LogP contribution in [0.25, 0.3) is 0 Å². The fourth-order valence-electron chi connectivity index (χ4n) is 3.50. The number of alkyl halides is 3. The Morgan fingerprint density at radius 2 is 1.11 bits per heavy atom. The van der Waals surface area contributed by atoms with Crippen LogP contribution < -0.4 is 10.6 Å². The van der Waals surface area contributed by atoms with Crippen molar-refractivity contribution in [1.82, 2.24) is 10.6 Å². The standard InChI is InChI=1S/C27H25F3N2O4/c28-27(29,30)24(33)22(16-19-10-4-1-5-11-19)31-25(34)23(17-20-12-6-2-7-13-20)32-26(35)36-18-21-14-8-3-9-15-21/h1-15,22-23H,16-18H2,(H,31,34)(H,32,35)/t22-,23-/m0/s1. The Morgan fingerprint density at radius 1 is 0.667 bits per heavy atom. The van der Waals surface area contributed by atoms with Crippen molar-refractivity contribution in [3.05, 3.63) is 108 Å². The third kappa shape index (κ3) is 8.26. The number of hydrogen-bond donors (Lipinski definition) is 2. The average Bonchev–Trinajstić information content (AvgIpc) is 2.87. The summed E-state index contributed by atoms with van der Waals surface area (Å²) in [7, 11) is 0. The molecular formula is C27H25F3N2O4. The number of Topliss-reactive ketones (excluding diaryl/α,β-unsaturated/α-hetero) is 1. The second kappa shape index (κ2) is 12.5. The highest BCUT2D eigenvalue weighted by molar-refractivity contribution is 5.95. The van der Waals surface area contributed by atoms with Crippen LogP contribution in [-0.4, -0.2) is 36.0 Å². The molecule has 0 radical (unpaired) electrons. The molecule has 0 bridgehead atoms. The molecule has 3 aromatic rings. The molecule has 36 heavy (non-hydrogen) atoms. The summed E-state index contributed by atoms with van der Waals surface area (Å²) in [5, 5.41) is 4.61. The summed E-state index contributed by atoms with van der Waals surface area (Å²) in [6, 6.07) is 22.4. The van der Waals surface area contributed by atoms with Gasteiger partial charge in [-0.15, -0.1) is 0 Å². The van der Waals surface area contributed by atoms with Crippen molar-refractivity contribution in [1.29, 1.82) is 0 Å². The van der Waals surface area contributed by atoms with E-state index in [1.807, 2.05) is 0 Å². The van der Waals surface area contributed by atoms with Gasteiger partial charge in [0.1, 0.15) is 18.7 Å². The first-order valence-electron chi connectivity index (χ1n) is 11.2. The van der Waals surface area contributed by atoms with E-state index >= 15 is 0 Å². The molecule has 0 aliphatic rings. The maximum Gasteiger partial charge on any atom is 0.452 e. The number of halogens is 3. The quantitative estimate of drug-likeness (QED) is 0.435. The smallest absolute Gasteiger partial charge is 0.445 e. The predicted octanol–water partition coefficient (Wildman–Crippen LogP) is 4.38. The fraction of sp³-hybridized carbons (Fsp3) is 0.222. The maximum absolute atomic E-state index is 13.3. The third-order valence-electron chi connectivity index (χ3n) is 5.30. The maximum atomic E-state index is 13.3. The molecule has 0 saturated heterocycles. The van der Waals surface area contributed by atoms with E-state index in [0.717, 1.165) is 5.56 Å². The van der Waals surface area contributed by atoms with Gasteiger partial charge >= 0.3 is 12.3 Å². The molecular weight excluding hydrogens is 473 g/mol. The van der Waals surface area contributed by atoms with Crippen LogP contribution in [0.4, 0.5) is 18.0 Å². The predicted molar refractivity (Wildman–Crippen MR) is 127 cm³/mol. The molecule has 6 nitrogen and oxygen atoms in total. The average molecular weight is 499 g/mol. The number of benzene rings is 3. The van der Waals surface area contributed by atoms with Gasteiger partial charge in [-0.3, -0.25) is 9.59 Å². The summed E-state index contributed by atoms with van der Waals surface area (Å²) in [5.41, 5.74) is 1.81. The van der Waals surface area contributed by atoms with Crippen LogP contribution in [0.2, 0.25) is 0 Å². The van der Waals surface area contributed by atoms with Crippen molar-refractivity contribution < 1.29 is 32.3 Å².